The summed E-state index contributed by atoms with van der Waals surface area (Å²) >= 11 is 1.80. The van der Waals surface area contributed by atoms with Gasteiger partial charge in [-0.25, -0.2) is 14.8 Å². The highest BCUT2D eigenvalue weighted by molar-refractivity contribution is 7.99. The van der Waals surface area contributed by atoms with Crippen LogP contribution in [0.1, 0.15) is 5.56 Å². The van der Waals surface area contributed by atoms with Crippen molar-refractivity contribution in [2.75, 3.05) is 4.90 Å². The number of nitrogens with zero attached hydrogens (tertiary/aromatic N) is 7. The van der Waals surface area contributed by atoms with Crippen LogP contribution in [-0.4, -0.2) is 19.1 Å². The number of fused-ring (bicyclic) bond motifs is 8. The van der Waals surface area contributed by atoms with E-state index in [1.807, 2.05) is 36.4 Å². The normalized spacial score (nSPS) is 12.0. The number of hydrogen-bond acceptors (Lipinski definition) is 5. The smallest absolute Gasteiger partial charge is 0.187 e. The van der Waals surface area contributed by atoms with Gasteiger partial charge in [0, 0.05) is 42.5 Å². The van der Waals surface area contributed by atoms with Crippen molar-refractivity contribution in [2.24, 2.45) is 0 Å². The second-order valence-corrected chi connectivity index (χ2v) is 17.9. The van der Waals surface area contributed by atoms with Crippen molar-refractivity contribution in [3.8, 4) is 51.3 Å². The first-order chi connectivity index (χ1) is 33.6. The van der Waals surface area contributed by atoms with Crippen LogP contribution in [-0.2, 0) is 0 Å². The standard InChI is InChI=1S/C60H35N7S/c1-62-42-32-30-39(31-33-42)47-36-48(64-60(63-47)40-28-26-38(37-61)27-29-40)41-34-55(65-49-18-6-2-14-43(49)44-15-3-7-19-50(44)65)59(67-53-22-10-12-24-57(53)68-58-25-13-11-23-54(58)67)56(35-41)66-51-20-8-4-16-45(51)46-17-5-9-21-52(46)66/h2-36H. The average molecular weight is 886 g/mol. The molecule has 0 atom stereocenters. The summed E-state index contributed by atoms with van der Waals surface area (Å²) in [5.74, 6) is 0.521. The lowest BCUT2D eigenvalue weighted by Gasteiger charge is -2.36. The second kappa shape index (κ2) is 15.7. The zero-order chi connectivity index (χ0) is 45.3. The van der Waals surface area contributed by atoms with Crippen LogP contribution in [0.25, 0.3) is 93.7 Å². The molecular weight excluding hydrogens is 851 g/mol. The molecule has 1 aliphatic rings. The Morgan fingerprint density at radius 3 is 1.34 bits per heavy atom. The molecule has 3 aromatic heterocycles. The largest absolute Gasteiger partial charge is 0.307 e. The van der Waals surface area contributed by atoms with Gasteiger partial charge in [-0.1, -0.05) is 133 Å². The molecule has 4 heterocycles. The number of aromatic nitrogens is 4. The lowest BCUT2D eigenvalue weighted by atomic mass is 10.0. The van der Waals surface area contributed by atoms with E-state index in [0.717, 1.165) is 98.5 Å². The zero-order valence-electron chi connectivity index (χ0n) is 36.2. The van der Waals surface area contributed by atoms with E-state index in [1.165, 1.54) is 0 Å². The summed E-state index contributed by atoms with van der Waals surface area (Å²) in [5.41, 5.74) is 14.5. The van der Waals surface area contributed by atoms with Crippen molar-refractivity contribution in [2.45, 2.75) is 9.79 Å². The van der Waals surface area contributed by atoms with Crippen molar-refractivity contribution in [3.05, 3.63) is 229 Å². The third-order valence-electron chi connectivity index (χ3n) is 13.0. The maximum atomic E-state index is 9.71. The van der Waals surface area contributed by atoms with E-state index in [0.29, 0.717) is 28.5 Å². The maximum absolute atomic E-state index is 9.71. The van der Waals surface area contributed by atoms with Crippen molar-refractivity contribution in [1.29, 1.82) is 5.26 Å². The lowest BCUT2D eigenvalue weighted by Crippen LogP contribution is -2.19. The average Bonchev–Trinajstić information content (AvgIpc) is 3.93. The third kappa shape index (κ3) is 6.20. The van der Waals surface area contributed by atoms with Crippen molar-refractivity contribution in [3.63, 3.8) is 0 Å². The van der Waals surface area contributed by atoms with Gasteiger partial charge in [0.25, 0.3) is 0 Å². The topological polar surface area (TPSA) is 67.0 Å². The molecule has 13 rings (SSSR count). The molecule has 316 valence electrons. The monoisotopic (exact) mass is 885 g/mol. The molecule has 0 bridgehead atoms. The molecule has 9 aromatic carbocycles. The highest BCUT2D eigenvalue weighted by Gasteiger charge is 2.32. The number of rotatable bonds is 6. The molecule has 0 saturated carbocycles. The summed E-state index contributed by atoms with van der Waals surface area (Å²) in [7, 11) is 0. The summed E-state index contributed by atoms with van der Waals surface area (Å²) in [6, 6.07) is 76.0. The van der Waals surface area contributed by atoms with Crippen molar-refractivity contribution < 1.29 is 0 Å². The minimum atomic E-state index is 0.521. The first kappa shape index (κ1) is 39.2. The Hall–Kier alpha value is -9.21. The van der Waals surface area contributed by atoms with Crippen molar-refractivity contribution in [1.82, 2.24) is 19.1 Å². The molecule has 0 amide bonds. The van der Waals surface area contributed by atoms with Crippen LogP contribution in [0.2, 0.25) is 0 Å². The molecule has 0 radical (unpaired) electrons. The van der Waals surface area contributed by atoms with E-state index < -0.39 is 0 Å². The quantitative estimate of drug-likeness (QED) is 0.156. The Labute approximate surface area is 395 Å². The number of hydrogen-bond donors (Lipinski definition) is 0. The van der Waals surface area contributed by atoms with Gasteiger partial charge in [-0.3, -0.25) is 0 Å². The van der Waals surface area contributed by atoms with Gasteiger partial charge in [0.15, 0.2) is 11.5 Å². The molecule has 0 unspecified atom stereocenters. The van der Waals surface area contributed by atoms with E-state index >= 15 is 0 Å². The molecule has 68 heavy (non-hydrogen) atoms. The van der Waals surface area contributed by atoms with Crippen LogP contribution in [0.5, 0.6) is 0 Å². The zero-order valence-corrected chi connectivity index (χ0v) is 37.1. The Kier molecular flexibility index (Phi) is 9.07. The fourth-order valence-corrected chi connectivity index (χ4v) is 11.0. The maximum Gasteiger partial charge on any atom is 0.187 e. The molecule has 12 aromatic rings. The Morgan fingerprint density at radius 2 is 0.868 bits per heavy atom. The van der Waals surface area contributed by atoms with Gasteiger partial charge in [-0.15, -0.1) is 0 Å². The van der Waals surface area contributed by atoms with E-state index in [4.69, 9.17) is 16.5 Å². The lowest BCUT2D eigenvalue weighted by molar-refractivity contribution is 1.08. The van der Waals surface area contributed by atoms with Crippen LogP contribution in [0.3, 0.4) is 0 Å². The predicted octanol–water partition coefficient (Wildman–Crippen LogP) is 16.0. The van der Waals surface area contributed by atoms with Crippen molar-refractivity contribution >= 4 is 78.1 Å². The van der Waals surface area contributed by atoms with E-state index in [1.54, 1.807) is 23.9 Å². The summed E-state index contributed by atoms with van der Waals surface area (Å²) in [6.07, 6.45) is 0. The van der Waals surface area contributed by atoms with Gasteiger partial charge < -0.3 is 14.0 Å². The molecule has 0 fully saturated rings. The third-order valence-corrected chi connectivity index (χ3v) is 14.1. The number of nitriles is 1. The first-order valence-electron chi connectivity index (χ1n) is 22.3. The number of benzene rings is 9. The Morgan fingerprint density at radius 1 is 0.441 bits per heavy atom. The summed E-state index contributed by atoms with van der Waals surface area (Å²) < 4.78 is 4.86. The van der Waals surface area contributed by atoms with Gasteiger partial charge in [0.05, 0.1) is 80.1 Å². The van der Waals surface area contributed by atoms with Crippen LogP contribution in [0.15, 0.2) is 222 Å². The molecule has 1 aliphatic heterocycles. The fraction of sp³-hybridized carbons (Fsp3) is 0. The minimum Gasteiger partial charge on any atom is -0.307 e. The van der Waals surface area contributed by atoms with Gasteiger partial charge in [0.1, 0.15) is 0 Å². The SMILES string of the molecule is [C-]#[N+]c1ccc(-c2cc(-c3cc(-n4c5ccccc5c5ccccc54)c(N4c5ccccc5Sc5ccccc54)c(-n4c5ccccc5c5ccccc54)c3)nc(-c3ccc(C#N)cc3)n2)cc1. The second-order valence-electron chi connectivity index (χ2n) is 16.8. The Bertz CT molecular complexity index is 3730. The molecule has 0 aliphatic carbocycles. The van der Waals surface area contributed by atoms with Gasteiger partial charge >= 0.3 is 0 Å². The molecular formula is C60H35N7S. The van der Waals surface area contributed by atoms with Gasteiger partial charge in [0.2, 0.25) is 0 Å². The molecule has 0 N–H and O–H groups in total. The fourth-order valence-electron chi connectivity index (χ4n) is 9.90. The molecule has 0 saturated heterocycles. The number of anilines is 3. The van der Waals surface area contributed by atoms with Crippen LogP contribution in [0.4, 0.5) is 22.7 Å². The highest BCUT2D eigenvalue weighted by Crippen LogP contribution is 2.55. The summed E-state index contributed by atoms with van der Waals surface area (Å²) in [6.45, 7) is 7.64. The van der Waals surface area contributed by atoms with E-state index in [2.05, 4.69) is 189 Å². The number of para-hydroxylation sites is 6. The van der Waals surface area contributed by atoms with Crippen LogP contribution < -0.4 is 4.90 Å². The Balaban J connectivity index is 1.22. The molecule has 8 heteroatoms. The van der Waals surface area contributed by atoms with Crippen LogP contribution >= 0.6 is 11.8 Å². The molecule has 0 spiro atoms. The predicted molar refractivity (Wildman–Crippen MR) is 277 cm³/mol. The van der Waals surface area contributed by atoms with Gasteiger partial charge in [-0.05, 0) is 96.6 Å². The first-order valence-corrected chi connectivity index (χ1v) is 23.1. The summed E-state index contributed by atoms with van der Waals surface area (Å²) in [5, 5.41) is 14.3. The highest BCUT2D eigenvalue weighted by atomic mass is 32.2. The van der Waals surface area contributed by atoms with Gasteiger partial charge in [-0.2, -0.15) is 5.26 Å². The van der Waals surface area contributed by atoms with E-state index in [9.17, 15) is 5.26 Å². The molecule has 7 nitrogen and oxygen atoms in total. The van der Waals surface area contributed by atoms with E-state index in [-0.39, 0.29) is 0 Å². The summed E-state index contributed by atoms with van der Waals surface area (Å²) in [4.78, 5) is 19.0. The minimum absolute atomic E-state index is 0.521. The van der Waals surface area contributed by atoms with Crippen LogP contribution in [0, 0.1) is 17.9 Å².